The quantitative estimate of drug-likeness (QED) is 0.846. The maximum absolute atomic E-state index is 5.70. The largest absolute Gasteiger partial charge is 0.422 e. The van der Waals surface area contributed by atoms with Crippen molar-refractivity contribution in [1.29, 1.82) is 0 Å². The number of aromatic nitrogens is 3. The Morgan fingerprint density at radius 1 is 1.29 bits per heavy atom. The minimum Gasteiger partial charge on any atom is -0.422 e. The Balaban J connectivity index is 1.74. The molecule has 90 valence electrons. The molecular weight excluding hydrogens is 218 g/mol. The summed E-state index contributed by atoms with van der Waals surface area (Å²) in [6, 6.07) is 0. The summed E-state index contributed by atoms with van der Waals surface area (Å²) in [4.78, 5) is 14.7. The first-order valence-electron chi connectivity index (χ1n) is 5.91. The molecule has 6 nitrogen and oxygen atoms in total. The van der Waals surface area contributed by atoms with Gasteiger partial charge in [-0.15, -0.1) is 0 Å². The van der Waals surface area contributed by atoms with Crippen LogP contribution in [0, 0.1) is 0 Å². The number of anilines is 1. The molecule has 2 aromatic heterocycles. The highest BCUT2D eigenvalue weighted by Gasteiger charge is 2.14. The number of rotatable bonds is 3. The van der Waals surface area contributed by atoms with Crippen molar-refractivity contribution in [1.82, 2.24) is 19.9 Å². The number of oxazole rings is 1. The van der Waals surface area contributed by atoms with Crippen molar-refractivity contribution in [2.45, 2.75) is 19.3 Å². The van der Waals surface area contributed by atoms with Gasteiger partial charge in [0, 0.05) is 13.0 Å². The van der Waals surface area contributed by atoms with Crippen LogP contribution in [0.15, 0.2) is 10.7 Å². The smallest absolute Gasteiger partial charge is 0.252 e. The molecule has 0 amide bonds. The van der Waals surface area contributed by atoms with E-state index in [-0.39, 0.29) is 0 Å². The second-order valence-corrected chi connectivity index (χ2v) is 4.32. The lowest BCUT2D eigenvalue weighted by atomic mass is 10.4. The van der Waals surface area contributed by atoms with Crippen LogP contribution in [0.5, 0.6) is 0 Å². The van der Waals surface area contributed by atoms with Crippen molar-refractivity contribution < 1.29 is 4.42 Å². The summed E-state index contributed by atoms with van der Waals surface area (Å²) in [5, 5.41) is 0. The van der Waals surface area contributed by atoms with Gasteiger partial charge in [0.2, 0.25) is 0 Å². The average molecular weight is 233 g/mol. The minimum absolute atomic E-state index is 0.381. The predicted molar refractivity (Wildman–Crippen MR) is 63.4 cm³/mol. The van der Waals surface area contributed by atoms with E-state index in [2.05, 4.69) is 19.9 Å². The summed E-state index contributed by atoms with van der Waals surface area (Å²) in [6.45, 7) is 3.35. The zero-order valence-corrected chi connectivity index (χ0v) is 9.59. The van der Waals surface area contributed by atoms with Crippen molar-refractivity contribution >= 4 is 17.0 Å². The van der Waals surface area contributed by atoms with Crippen LogP contribution < -0.4 is 5.73 Å². The molecule has 17 heavy (non-hydrogen) atoms. The number of nitrogens with two attached hydrogens (primary N) is 1. The molecule has 0 aliphatic carbocycles. The van der Waals surface area contributed by atoms with Gasteiger partial charge in [-0.05, 0) is 25.9 Å². The van der Waals surface area contributed by atoms with Crippen molar-refractivity contribution in [2.24, 2.45) is 0 Å². The molecule has 1 aliphatic heterocycles. The summed E-state index contributed by atoms with van der Waals surface area (Å²) in [6.07, 6.45) is 4.79. The van der Waals surface area contributed by atoms with E-state index in [0.717, 1.165) is 13.0 Å². The summed E-state index contributed by atoms with van der Waals surface area (Å²) in [5.74, 6) is 1.07. The Labute approximate surface area is 98.8 Å². The van der Waals surface area contributed by atoms with E-state index in [1.165, 1.54) is 32.3 Å². The second-order valence-electron chi connectivity index (χ2n) is 4.32. The highest BCUT2D eigenvalue weighted by atomic mass is 16.4. The lowest BCUT2D eigenvalue weighted by Gasteiger charge is -2.11. The molecule has 0 bridgehead atoms. The molecule has 1 aliphatic rings. The lowest BCUT2D eigenvalue weighted by molar-refractivity contribution is 0.330. The average Bonchev–Trinajstić information content (AvgIpc) is 2.95. The van der Waals surface area contributed by atoms with Gasteiger partial charge in [-0.2, -0.15) is 4.98 Å². The second kappa shape index (κ2) is 4.29. The number of likely N-dealkylation sites (tertiary alicyclic amines) is 1. The topological polar surface area (TPSA) is 81.1 Å². The maximum atomic E-state index is 5.70. The third-order valence-corrected chi connectivity index (χ3v) is 3.11. The Hall–Kier alpha value is -1.69. The first-order chi connectivity index (χ1) is 8.33. The van der Waals surface area contributed by atoms with Gasteiger partial charge in [-0.1, -0.05) is 0 Å². The SMILES string of the molecule is Nc1ncnc2oc(CCN3CCCC3)nc12. The summed E-state index contributed by atoms with van der Waals surface area (Å²) in [5.41, 5.74) is 6.76. The maximum Gasteiger partial charge on any atom is 0.252 e. The highest BCUT2D eigenvalue weighted by Crippen LogP contribution is 2.17. The molecule has 3 rings (SSSR count). The third-order valence-electron chi connectivity index (χ3n) is 3.11. The number of fused-ring (bicyclic) bond motifs is 1. The molecule has 3 heterocycles. The van der Waals surface area contributed by atoms with Crippen LogP contribution >= 0.6 is 0 Å². The molecule has 2 N–H and O–H groups in total. The molecule has 0 spiro atoms. The molecule has 0 atom stereocenters. The van der Waals surface area contributed by atoms with Gasteiger partial charge in [-0.25, -0.2) is 9.97 Å². The Kier molecular flexibility index (Phi) is 2.64. The first-order valence-corrected chi connectivity index (χ1v) is 5.91. The number of hydrogen-bond acceptors (Lipinski definition) is 6. The van der Waals surface area contributed by atoms with Gasteiger partial charge in [0.1, 0.15) is 6.33 Å². The zero-order valence-electron chi connectivity index (χ0n) is 9.59. The summed E-state index contributed by atoms with van der Waals surface area (Å²) < 4.78 is 5.54. The van der Waals surface area contributed by atoms with E-state index in [4.69, 9.17) is 10.2 Å². The van der Waals surface area contributed by atoms with Gasteiger partial charge in [0.05, 0.1) is 0 Å². The third kappa shape index (κ3) is 2.08. The van der Waals surface area contributed by atoms with Crippen LogP contribution in [0.4, 0.5) is 5.82 Å². The lowest BCUT2D eigenvalue weighted by Crippen LogP contribution is -2.21. The molecule has 1 fully saturated rings. The number of hydrogen-bond donors (Lipinski definition) is 1. The van der Waals surface area contributed by atoms with E-state index < -0.39 is 0 Å². The van der Waals surface area contributed by atoms with Crippen molar-refractivity contribution in [3.05, 3.63) is 12.2 Å². The van der Waals surface area contributed by atoms with Crippen LogP contribution in [0.3, 0.4) is 0 Å². The fourth-order valence-corrected chi connectivity index (χ4v) is 2.18. The summed E-state index contributed by atoms with van der Waals surface area (Å²) in [7, 11) is 0. The van der Waals surface area contributed by atoms with E-state index in [0.29, 0.717) is 22.9 Å². The number of nitrogens with zero attached hydrogens (tertiary/aromatic N) is 4. The van der Waals surface area contributed by atoms with E-state index >= 15 is 0 Å². The highest BCUT2D eigenvalue weighted by molar-refractivity contribution is 5.79. The number of nitrogen functional groups attached to an aromatic ring is 1. The van der Waals surface area contributed by atoms with Crippen molar-refractivity contribution in [3.63, 3.8) is 0 Å². The van der Waals surface area contributed by atoms with Gasteiger partial charge in [-0.3, -0.25) is 0 Å². The molecular formula is C11H15N5O. The van der Waals surface area contributed by atoms with Crippen molar-refractivity contribution in [3.8, 4) is 0 Å². The minimum atomic E-state index is 0.381. The van der Waals surface area contributed by atoms with E-state index in [9.17, 15) is 0 Å². The fourth-order valence-electron chi connectivity index (χ4n) is 2.18. The summed E-state index contributed by atoms with van der Waals surface area (Å²) >= 11 is 0. The van der Waals surface area contributed by atoms with E-state index in [1.54, 1.807) is 0 Å². The molecule has 1 saturated heterocycles. The molecule has 6 heteroatoms. The Morgan fingerprint density at radius 2 is 2.12 bits per heavy atom. The van der Waals surface area contributed by atoms with Gasteiger partial charge >= 0.3 is 0 Å². The van der Waals surface area contributed by atoms with Crippen LogP contribution in [0.1, 0.15) is 18.7 Å². The molecule has 0 unspecified atom stereocenters. The zero-order chi connectivity index (χ0) is 11.7. The van der Waals surface area contributed by atoms with Crippen LogP contribution in [0.25, 0.3) is 11.2 Å². The normalized spacial score (nSPS) is 16.9. The Bertz CT molecular complexity index is 518. The first kappa shape index (κ1) is 10.5. The van der Waals surface area contributed by atoms with Gasteiger partial charge in [0.25, 0.3) is 5.71 Å². The molecule has 2 aromatic rings. The fraction of sp³-hybridized carbons (Fsp3) is 0.545. The monoisotopic (exact) mass is 233 g/mol. The van der Waals surface area contributed by atoms with Crippen LogP contribution in [-0.4, -0.2) is 39.5 Å². The van der Waals surface area contributed by atoms with Crippen LogP contribution in [0.2, 0.25) is 0 Å². The molecule has 0 saturated carbocycles. The van der Waals surface area contributed by atoms with Crippen LogP contribution in [-0.2, 0) is 6.42 Å². The van der Waals surface area contributed by atoms with Crippen molar-refractivity contribution in [2.75, 3.05) is 25.4 Å². The van der Waals surface area contributed by atoms with Gasteiger partial charge in [0.15, 0.2) is 17.2 Å². The predicted octanol–water partition coefficient (Wildman–Crippen LogP) is 0.838. The Morgan fingerprint density at radius 3 is 2.88 bits per heavy atom. The van der Waals surface area contributed by atoms with Gasteiger partial charge < -0.3 is 15.1 Å². The standard InChI is InChI=1S/C11H15N5O/c12-10-9-11(14-7-13-10)17-8(15-9)3-6-16-4-1-2-5-16/h7H,1-6H2,(H2,12,13,14). The molecule has 0 radical (unpaired) electrons. The van der Waals surface area contributed by atoms with E-state index in [1.807, 2.05) is 0 Å². The molecule has 0 aromatic carbocycles.